The van der Waals surface area contributed by atoms with Gasteiger partial charge in [0.2, 0.25) is 0 Å². The van der Waals surface area contributed by atoms with Gasteiger partial charge in [-0.2, -0.15) is 0 Å². The van der Waals surface area contributed by atoms with E-state index in [0.717, 1.165) is 25.7 Å². The van der Waals surface area contributed by atoms with E-state index in [1.54, 1.807) is 0 Å². The van der Waals surface area contributed by atoms with Crippen molar-refractivity contribution in [1.29, 1.82) is 0 Å². The summed E-state index contributed by atoms with van der Waals surface area (Å²) in [7, 11) is -0.572. The van der Waals surface area contributed by atoms with Gasteiger partial charge in [-0.05, 0) is 42.6 Å². The summed E-state index contributed by atoms with van der Waals surface area (Å²) in [6.07, 6.45) is 3.62. The zero-order valence-corrected chi connectivity index (χ0v) is 17.0. The van der Waals surface area contributed by atoms with E-state index in [4.69, 9.17) is 4.74 Å². The number of carbonyl (C=O) groups is 1. The Morgan fingerprint density at radius 3 is 1.86 bits per heavy atom. The molecular weight excluding hydrogens is 363 g/mol. The molecule has 0 aliphatic carbocycles. The summed E-state index contributed by atoms with van der Waals surface area (Å²) in [6, 6.07) is 31.5. The second kappa shape index (κ2) is 11.5. The average Bonchev–Trinajstić information content (AvgIpc) is 2.76. The Balaban J connectivity index is 1.64. The molecule has 0 saturated heterocycles. The van der Waals surface area contributed by atoms with Crippen LogP contribution in [-0.4, -0.2) is 18.6 Å². The van der Waals surface area contributed by atoms with Gasteiger partial charge in [-0.15, -0.1) is 0 Å². The molecule has 3 heteroatoms. The lowest BCUT2D eigenvalue weighted by Gasteiger charge is -2.27. The highest BCUT2D eigenvalue weighted by Crippen LogP contribution is 2.43. The smallest absolute Gasteiger partial charge is 0.120 e. The fourth-order valence-corrected chi connectivity index (χ4v) is 6.26. The van der Waals surface area contributed by atoms with Crippen LogP contribution in [0.4, 0.5) is 0 Å². The third-order valence-corrected chi connectivity index (χ3v) is 7.65. The molecule has 144 valence electrons. The topological polar surface area (TPSA) is 26.3 Å². The fourth-order valence-electron chi connectivity index (χ4n) is 3.40. The van der Waals surface area contributed by atoms with Crippen LogP contribution in [0.25, 0.3) is 0 Å². The van der Waals surface area contributed by atoms with Gasteiger partial charge in [-0.3, -0.25) is 0 Å². The molecule has 0 amide bonds. The van der Waals surface area contributed by atoms with Gasteiger partial charge in [0.05, 0.1) is 6.61 Å². The zero-order valence-electron chi connectivity index (χ0n) is 16.1. The van der Waals surface area contributed by atoms with Crippen LogP contribution < -0.4 is 10.6 Å². The summed E-state index contributed by atoms with van der Waals surface area (Å²) >= 11 is 0. The molecule has 0 spiro atoms. The van der Waals surface area contributed by atoms with E-state index in [1.807, 2.05) is 30.3 Å². The van der Waals surface area contributed by atoms with Crippen LogP contribution in [0.1, 0.15) is 24.8 Å². The van der Waals surface area contributed by atoms with Crippen LogP contribution in [-0.2, 0) is 16.1 Å². The van der Waals surface area contributed by atoms with E-state index >= 15 is 0 Å². The minimum absolute atomic E-state index is 0.331. The number of rotatable bonds is 11. The van der Waals surface area contributed by atoms with Crippen molar-refractivity contribution in [3.63, 3.8) is 0 Å². The monoisotopic (exact) mass is 390 g/mol. The molecule has 0 aliphatic rings. The fraction of sp³-hybridized carbons (Fsp3) is 0.240. The Labute approximate surface area is 169 Å². The van der Waals surface area contributed by atoms with Crippen molar-refractivity contribution in [3.05, 3.63) is 96.6 Å². The standard InChI is InChI=1S/C25H27O2P/c26-19-18-25(17-10-20-27-21-22-11-4-1-5-12-22)28(23-13-6-2-7-14-23)24-15-8-3-9-16-24/h1-9,11-16,19,25H,10,17-18,20-21H2/t25-/m1/s1. The average molecular weight is 390 g/mol. The second-order valence-corrected chi connectivity index (χ2v) is 9.28. The van der Waals surface area contributed by atoms with E-state index in [2.05, 4.69) is 60.7 Å². The van der Waals surface area contributed by atoms with Crippen LogP contribution in [0.2, 0.25) is 0 Å². The van der Waals surface area contributed by atoms with E-state index in [0.29, 0.717) is 18.7 Å². The largest absolute Gasteiger partial charge is 0.377 e. The van der Waals surface area contributed by atoms with E-state index in [9.17, 15) is 4.79 Å². The third kappa shape index (κ3) is 6.12. The molecule has 0 aromatic heterocycles. The number of benzene rings is 3. The Morgan fingerprint density at radius 2 is 1.32 bits per heavy atom. The van der Waals surface area contributed by atoms with Crippen molar-refractivity contribution in [2.45, 2.75) is 31.5 Å². The highest BCUT2D eigenvalue weighted by atomic mass is 31.1. The number of hydrogen-bond acceptors (Lipinski definition) is 2. The summed E-state index contributed by atoms with van der Waals surface area (Å²) < 4.78 is 5.86. The number of hydrogen-bond donors (Lipinski definition) is 0. The molecule has 3 rings (SSSR count). The van der Waals surface area contributed by atoms with Crippen molar-refractivity contribution in [2.75, 3.05) is 6.61 Å². The lowest BCUT2D eigenvalue weighted by molar-refractivity contribution is -0.107. The molecule has 0 aliphatic heterocycles. The molecule has 1 atom stereocenters. The molecule has 0 unspecified atom stereocenters. The highest BCUT2D eigenvalue weighted by Gasteiger charge is 2.24. The predicted octanol–water partition coefficient (Wildman–Crippen LogP) is 5.07. The minimum Gasteiger partial charge on any atom is -0.377 e. The molecule has 0 heterocycles. The molecule has 3 aromatic rings. The quantitative estimate of drug-likeness (QED) is 0.259. The van der Waals surface area contributed by atoms with E-state index < -0.39 is 7.92 Å². The second-order valence-electron chi connectivity index (χ2n) is 6.78. The Bertz CT molecular complexity index is 766. The van der Waals surface area contributed by atoms with Crippen molar-refractivity contribution in [1.82, 2.24) is 0 Å². The van der Waals surface area contributed by atoms with Gasteiger partial charge >= 0.3 is 0 Å². The first-order valence-corrected chi connectivity index (χ1v) is 11.2. The Morgan fingerprint density at radius 1 is 0.786 bits per heavy atom. The Hall–Kier alpha value is -2.28. The molecule has 0 saturated carbocycles. The maximum atomic E-state index is 11.4. The maximum absolute atomic E-state index is 11.4. The predicted molar refractivity (Wildman–Crippen MR) is 119 cm³/mol. The normalized spacial score (nSPS) is 12.0. The van der Waals surface area contributed by atoms with Gasteiger partial charge in [-0.1, -0.05) is 91.0 Å². The first kappa shape index (κ1) is 20.5. The van der Waals surface area contributed by atoms with Crippen LogP contribution in [0.5, 0.6) is 0 Å². The molecular formula is C25H27O2P. The highest BCUT2D eigenvalue weighted by molar-refractivity contribution is 7.73. The van der Waals surface area contributed by atoms with Gasteiger partial charge in [0.25, 0.3) is 0 Å². The van der Waals surface area contributed by atoms with Gasteiger partial charge in [0.15, 0.2) is 0 Å². The minimum atomic E-state index is -0.572. The first-order valence-electron chi connectivity index (χ1n) is 9.83. The van der Waals surface area contributed by atoms with Gasteiger partial charge in [-0.25, -0.2) is 0 Å². The molecule has 28 heavy (non-hydrogen) atoms. The van der Waals surface area contributed by atoms with Crippen molar-refractivity contribution in [3.8, 4) is 0 Å². The molecule has 0 bridgehead atoms. The van der Waals surface area contributed by atoms with Crippen molar-refractivity contribution in [2.24, 2.45) is 0 Å². The molecule has 2 nitrogen and oxygen atoms in total. The third-order valence-electron chi connectivity index (χ3n) is 4.74. The molecule has 0 N–H and O–H groups in total. The van der Waals surface area contributed by atoms with Crippen LogP contribution in [0.3, 0.4) is 0 Å². The number of carbonyl (C=O) groups excluding carboxylic acids is 1. The summed E-state index contributed by atoms with van der Waals surface area (Å²) in [4.78, 5) is 11.4. The van der Waals surface area contributed by atoms with Crippen molar-refractivity contribution < 1.29 is 9.53 Å². The lowest BCUT2D eigenvalue weighted by Crippen LogP contribution is -2.22. The summed E-state index contributed by atoms with van der Waals surface area (Å²) in [5.41, 5.74) is 1.53. The van der Waals surface area contributed by atoms with Crippen LogP contribution in [0.15, 0.2) is 91.0 Å². The van der Waals surface area contributed by atoms with Gasteiger partial charge in [0, 0.05) is 13.0 Å². The SMILES string of the molecule is O=CC[C@@H](CCCOCc1ccccc1)P(c1ccccc1)c1ccccc1. The summed E-state index contributed by atoms with van der Waals surface area (Å²) in [6.45, 7) is 1.36. The Kier molecular flexibility index (Phi) is 8.43. The molecule has 3 aromatic carbocycles. The first-order chi connectivity index (χ1) is 13.9. The molecule has 0 radical (unpaired) electrons. The maximum Gasteiger partial charge on any atom is 0.120 e. The van der Waals surface area contributed by atoms with Crippen LogP contribution >= 0.6 is 7.92 Å². The summed E-state index contributed by atoms with van der Waals surface area (Å²) in [5.74, 6) is 0. The zero-order chi connectivity index (χ0) is 19.4. The van der Waals surface area contributed by atoms with E-state index in [-0.39, 0.29) is 0 Å². The lowest BCUT2D eigenvalue weighted by atomic mass is 10.2. The number of aldehydes is 1. The van der Waals surface area contributed by atoms with Gasteiger partial charge in [0.1, 0.15) is 6.29 Å². The van der Waals surface area contributed by atoms with E-state index in [1.165, 1.54) is 16.2 Å². The van der Waals surface area contributed by atoms with Crippen molar-refractivity contribution >= 4 is 24.8 Å². The van der Waals surface area contributed by atoms with Crippen LogP contribution in [0, 0.1) is 0 Å². The molecule has 0 fully saturated rings. The number of ether oxygens (including phenoxy) is 1. The van der Waals surface area contributed by atoms with Gasteiger partial charge < -0.3 is 9.53 Å². The summed E-state index contributed by atoms with van der Waals surface area (Å²) in [5, 5.41) is 2.67.